The molecule has 5 rings (SSSR count). The van der Waals surface area contributed by atoms with E-state index in [0.29, 0.717) is 34.4 Å². The second-order valence-corrected chi connectivity index (χ2v) is 7.67. The van der Waals surface area contributed by atoms with Crippen LogP contribution in [0.2, 0.25) is 0 Å². The minimum atomic E-state index is -0.431. The van der Waals surface area contributed by atoms with Crippen molar-refractivity contribution in [2.75, 3.05) is 13.7 Å². The van der Waals surface area contributed by atoms with Crippen molar-refractivity contribution in [2.45, 2.75) is 31.7 Å². The fourth-order valence-electron chi connectivity index (χ4n) is 3.76. The number of benzene rings is 1. The van der Waals surface area contributed by atoms with Crippen LogP contribution >= 0.6 is 0 Å². The number of hydrogen-bond acceptors (Lipinski definition) is 5. The fourth-order valence-corrected chi connectivity index (χ4v) is 3.76. The average molecular weight is 408 g/mol. The first-order chi connectivity index (χ1) is 14.5. The molecule has 8 heteroatoms. The molecule has 1 N–H and O–H groups in total. The van der Waals surface area contributed by atoms with Crippen LogP contribution in [-0.4, -0.2) is 34.2 Å². The third-order valence-corrected chi connectivity index (χ3v) is 5.49. The number of hydrogen-bond donors (Lipinski definition) is 1. The maximum atomic E-state index is 14.5. The van der Waals surface area contributed by atoms with Gasteiger partial charge in [0.25, 0.3) is 5.91 Å². The molecule has 2 aromatic heterocycles. The predicted octanol–water partition coefficient (Wildman–Crippen LogP) is 3.46. The van der Waals surface area contributed by atoms with Crippen LogP contribution < -0.4 is 14.8 Å². The summed E-state index contributed by atoms with van der Waals surface area (Å²) < 4.78 is 27.3. The molecule has 3 heterocycles. The summed E-state index contributed by atoms with van der Waals surface area (Å²) in [6, 6.07) is 6.20. The number of halogens is 1. The van der Waals surface area contributed by atoms with E-state index in [9.17, 15) is 9.18 Å². The zero-order valence-corrected chi connectivity index (χ0v) is 16.7. The molecule has 7 nitrogen and oxygen atoms in total. The van der Waals surface area contributed by atoms with Gasteiger partial charge in [-0.25, -0.2) is 14.4 Å². The van der Waals surface area contributed by atoms with Crippen LogP contribution in [0.25, 0.3) is 5.69 Å². The summed E-state index contributed by atoms with van der Waals surface area (Å²) in [5.41, 5.74) is 3.10. The maximum absolute atomic E-state index is 14.5. The molecule has 1 aromatic carbocycles. The number of amides is 1. The van der Waals surface area contributed by atoms with Crippen molar-refractivity contribution in [3.05, 3.63) is 65.1 Å². The second-order valence-electron chi connectivity index (χ2n) is 7.67. The predicted molar refractivity (Wildman–Crippen MR) is 107 cm³/mol. The highest BCUT2D eigenvalue weighted by molar-refractivity contribution is 5.93. The van der Waals surface area contributed by atoms with Gasteiger partial charge in [-0.2, -0.15) is 0 Å². The van der Waals surface area contributed by atoms with Crippen LogP contribution in [0, 0.1) is 12.7 Å². The molecule has 1 saturated carbocycles. The molecule has 1 aliphatic carbocycles. The fraction of sp³-hybridized carbons (Fsp3) is 0.318. The van der Waals surface area contributed by atoms with Gasteiger partial charge in [-0.1, -0.05) is 0 Å². The van der Waals surface area contributed by atoms with E-state index in [1.54, 1.807) is 29.1 Å². The Morgan fingerprint density at radius 3 is 2.83 bits per heavy atom. The smallest absolute Gasteiger partial charge is 0.270 e. The van der Waals surface area contributed by atoms with Gasteiger partial charge < -0.3 is 19.4 Å². The first-order valence-electron chi connectivity index (χ1n) is 9.86. The first kappa shape index (κ1) is 18.6. The van der Waals surface area contributed by atoms with Crippen molar-refractivity contribution in [3.63, 3.8) is 0 Å². The van der Waals surface area contributed by atoms with Gasteiger partial charge in [0.1, 0.15) is 29.6 Å². The Labute approximate surface area is 172 Å². The summed E-state index contributed by atoms with van der Waals surface area (Å²) >= 11 is 0. The Kier molecular flexibility index (Phi) is 4.42. The highest BCUT2D eigenvalue weighted by atomic mass is 19.1. The average Bonchev–Trinajstić information content (AvgIpc) is 3.40. The molecular formula is C22H21FN4O3. The van der Waals surface area contributed by atoms with E-state index in [-0.39, 0.29) is 24.0 Å². The highest BCUT2D eigenvalue weighted by Crippen LogP contribution is 2.45. The van der Waals surface area contributed by atoms with E-state index in [2.05, 4.69) is 15.3 Å². The van der Waals surface area contributed by atoms with E-state index in [4.69, 9.17) is 9.47 Å². The van der Waals surface area contributed by atoms with Gasteiger partial charge in [0.2, 0.25) is 5.88 Å². The lowest BCUT2D eigenvalue weighted by atomic mass is 10.0. The number of pyridine rings is 1. The Hall–Kier alpha value is -3.42. The zero-order chi connectivity index (χ0) is 20.8. The standard InChI is InChI=1S/C22H21FN4O3/c1-12-9-27(11-24-12)19-6-5-17(26-22(19)29-2)21(28)25-18-10-30-20-8-14(13-3-4-13)16(23)7-15(18)20/h5-9,11,13,18H,3-4,10H2,1-2H3,(H,25,28)/t18-/m1/s1. The van der Waals surface area contributed by atoms with Crippen molar-refractivity contribution in [3.8, 4) is 17.3 Å². The van der Waals surface area contributed by atoms with Crippen LogP contribution in [-0.2, 0) is 0 Å². The third-order valence-electron chi connectivity index (χ3n) is 5.49. The van der Waals surface area contributed by atoms with E-state index in [0.717, 1.165) is 18.5 Å². The van der Waals surface area contributed by atoms with E-state index < -0.39 is 6.04 Å². The summed E-state index contributed by atoms with van der Waals surface area (Å²) in [6.07, 6.45) is 5.53. The Morgan fingerprint density at radius 2 is 2.13 bits per heavy atom. The lowest BCUT2D eigenvalue weighted by Crippen LogP contribution is -2.30. The number of aryl methyl sites for hydroxylation is 1. The van der Waals surface area contributed by atoms with Crippen molar-refractivity contribution in [2.24, 2.45) is 0 Å². The summed E-state index contributed by atoms with van der Waals surface area (Å²) in [4.78, 5) is 21.3. The molecule has 3 aromatic rings. The highest BCUT2D eigenvalue weighted by Gasteiger charge is 2.32. The van der Waals surface area contributed by atoms with Crippen molar-refractivity contribution >= 4 is 5.91 Å². The summed E-state index contributed by atoms with van der Waals surface area (Å²) in [7, 11) is 1.50. The number of methoxy groups -OCH3 is 1. The number of nitrogens with one attached hydrogen (secondary N) is 1. The molecular weight excluding hydrogens is 387 g/mol. The van der Waals surface area contributed by atoms with Crippen LogP contribution in [0.3, 0.4) is 0 Å². The van der Waals surface area contributed by atoms with Gasteiger partial charge in [0, 0.05) is 11.8 Å². The number of aromatic nitrogens is 3. The van der Waals surface area contributed by atoms with Gasteiger partial charge in [-0.15, -0.1) is 0 Å². The largest absolute Gasteiger partial charge is 0.491 e. The number of rotatable bonds is 5. The van der Waals surface area contributed by atoms with Gasteiger partial charge in [-0.05, 0) is 55.5 Å². The normalized spacial score (nSPS) is 17.4. The van der Waals surface area contributed by atoms with Crippen LogP contribution in [0.5, 0.6) is 11.6 Å². The lowest BCUT2D eigenvalue weighted by Gasteiger charge is -2.14. The topological polar surface area (TPSA) is 78.3 Å². The lowest BCUT2D eigenvalue weighted by molar-refractivity contribution is 0.0924. The molecule has 1 atom stereocenters. The number of fused-ring (bicyclic) bond motifs is 1. The van der Waals surface area contributed by atoms with E-state index in [1.165, 1.54) is 13.2 Å². The SMILES string of the molecule is COc1nc(C(=O)N[C@@H]2COc3cc(C4CC4)c(F)cc32)ccc1-n1cnc(C)c1. The van der Waals surface area contributed by atoms with Crippen LogP contribution in [0.4, 0.5) is 4.39 Å². The molecule has 1 fully saturated rings. The number of imidazole rings is 1. The molecule has 0 radical (unpaired) electrons. The first-order valence-corrected chi connectivity index (χ1v) is 9.86. The minimum absolute atomic E-state index is 0.205. The van der Waals surface area contributed by atoms with Gasteiger partial charge >= 0.3 is 0 Å². The van der Waals surface area contributed by atoms with Crippen molar-refractivity contribution < 1.29 is 18.7 Å². The number of ether oxygens (including phenoxy) is 2. The minimum Gasteiger partial charge on any atom is -0.491 e. The summed E-state index contributed by atoms with van der Waals surface area (Å²) in [6.45, 7) is 2.15. The van der Waals surface area contributed by atoms with Crippen molar-refractivity contribution in [1.82, 2.24) is 19.9 Å². The Bertz CT molecular complexity index is 1140. The Morgan fingerprint density at radius 1 is 1.30 bits per heavy atom. The van der Waals surface area contributed by atoms with Gasteiger partial charge in [0.15, 0.2) is 0 Å². The molecule has 1 amide bonds. The van der Waals surface area contributed by atoms with Crippen LogP contribution in [0.15, 0.2) is 36.8 Å². The molecule has 0 spiro atoms. The number of carbonyl (C=O) groups excluding carboxylic acids is 1. The summed E-state index contributed by atoms with van der Waals surface area (Å²) in [5, 5.41) is 2.89. The third kappa shape index (κ3) is 3.28. The molecule has 0 bridgehead atoms. The zero-order valence-electron chi connectivity index (χ0n) is 16.7. The number of carbonyl (C=O) groups is 1. The van der Waals surface area contributed by atoms with E-state index >= 15 is 0 Å². The number of nitrogens with zero attached hydrogens (tertiary/aromatic N) is 3. The van der Waals surface area contributed by atoms with Gasteiger partial charge in [0.05, 0.1) is 25.2 Å². The van der Waals surface area contributed by atoms with E-state index in [1.807, 2.05) is 13.1 Å². The maximum Gasteiger partial charge on any atom is 0.270 e. The Balaban J connectivity index is 1.37. The molecule has 154 valence electrons. The molecule has 2 aliphatic rings. The molecule has 0 saturated heterocycles. The summed E-state index contributed by atoms with van der Waals surface area (Å²) in [5.74, 6) is 0.626. The molecule has 30 heavy (non-hydrogen) atoms. The monoisotopic (exact) mass is 408 g/mol. The van der Waals surface area contributed by atoms with Crippen molar-refractivity contribution in [1.29, 1.82) is 0 Å². The second kappa shape index (κ2) is 7.12. The van der Waals surface area contributed by atoms with Gasteiger partial charge in [-0.3, -0.25) is 4.79 Å². The molecule has 1 aliphatic heterocycles. The molecule has 0 unspecified atom stereocenters. The van der Waals surface area contributed by atoms with Crippen LogP contribution in [0.1, 0.15) is 52.1 Å². The quantitative estimate of drug-likeness (QED) is 0.700.